The summed E-state index contributed by atoms with van der Waals surface area (Å²) in [6.07, 6.45) is 1.59. The van der Waals surface area contributed by atoms with Gasteiger partial charge in [0.25, 0.3) is 0 Å². The maximum Gasteiger partial charge on any atom is 0.363 e. The molecule has 4 rings (SSSR count). The van der Waals surface area contributed by atoms with Gasteiger partial charge < -0.3 is 18.9 Å². The number of hydrogen-bond donors (Lipinski definition) is 0. The quantitative estimate of drug-likeness (QED) is 0.270. The number of halogens is 1. The number of carbonyl (C=O) groups is 1. The molecule has 0 radical (unpaired) electrons. The van der Waals surface area contributed by atoms with E-state index in [9.17, 15) is 4.79 Å². The molecule has 0 fully saturated rings. The molecule has 0 aromatic heterocycles. The Morgan fingerprint density at radius 2 is 1.66 bits per heavy atom. The maximum atomic E-state index is 12.3. The molecule has 7 heteroatoms. The van der Waals surface area contributed by atoms with Gasteiger partial charge in [-0.05, 0) is 48.0 Å². The zero-order chi connectivity index (χ0) is 22.3. The Balaban J connectivity index is 1.48. The predicted molar refractivity (Wildman–Crippen MR) is 122 cm³/mol. The first-order valence-corrected chi connectivity index (χ1v) is 10.3. The Morgan fingerprint density at radius 3 is 2.38 bits per heavy atom. The van der Waals surface area contributed by atoms with Crippen LogP contribution in [-0.2, 0) is 9.53 Å². The van der Waals surface area contributed by atoms with Crippen LogP contribution in [0.25, 0.3) is 6.08 Å². The minimum absolute atomic E-state index is 0.173. The molecular weight excluding hydrogens is 430 g/mol. The van der Waals surface area contributed by atoms with Gasteiger partial charge in [0.05, 0.1) is 12.1 Å². The van der Waals surface area contributed by atoms with Gasteiger partial charge >= 0.3 is 5.97 Å². The molecule has 0 N–H and O–H groups in total. The van der Waals surface area contributed by atoms with Crippen LogP contribution in [0.2, 0.25) is 5.02 Å². The highest BCUT2D eigenvalue weighted by Crippen LogP contribution is 2.37. The van der Waals surface area contributed by atoms with Crippen molar-refractivity contribution in [1.29, 1.82) is 0 Å². The zero-order valence-electron chi connectivity index (χ0n) is 17.3. The molecule has 0 aliphatic carbocycles. The van der Waals surface area contributed by atoms with Crippen molar-refractivity contribution in [3.05, 3.63) is 94.6 Å². The fraction of sp³-hybridized carbons (Fsp3) is 0.120. The van der Waals surface area contributed by atoms with E-state index >= 15 is 0 Å². The second kappa shape index (κ2) is 10.0. The van der Waals surface area contributed by atoms with Gasteiger partial charge in [0, 0.05) is 5.56 Å². The summed E-state index contributed by atoms with van der Waals surface area (Å²) in [5.74, 6) is 1.32. The van der Waals surface area contributed by atoms with Gasteiger partial charge in [-0.3, -0.25) is 0 Å². The molecule has 162 valence electrons. The van der Waals surface area contributed by atoms with Crippen molar-refractivity contribution in [2.75, 3.05) is 20.3 Å². The first kappa shape index (κ1) is 21.5. The fourth-order valence-corrected chi connectivity index (χ4v) is 3.33. The monoisotopic (exact) mass is 449 g/mol. The Bertz CT molecular complexity index is 1160. The molecule has 3 aromatic carbocycles. The molecule has 3 aromatic rings. The van der Waals surface area contributed by atoms with Crippen molar-refractivity contribution in [3.8, 4) is 17.2 Å². The van der Waals surface area contributed by atoms with Gasteiger partial charge in [0.2, 0.25) is 5.90 Å². The number of nitrogens with zero attached hydrogens (tertiary/aromatic N) is 1. The minimum Gasteiger partial charge on any atom is -0.493 e. The summed E-state index contributed by atoms with van der Waals surface area (Å²) in [5.41, 5.74) is 1.53. The lowest BCUT2D eigenvalue weighted by atomic mass is 10.1. The number of methoxy groups -OCH3 is 1. The molecule has 32 heavy (non-hydrogen) atoms. The van der Waals surface area contributed by atoms with Crippen LogP contribution in [0, 0.1) is 0 Å². The van der Waals surface area contributed by atoms with Crippen LogP contribution in [-0.4, -0.2) is 32.2 Å². The van der Waals surface area contributed by atoms with E-state index in [4.69, 9.17) is 30.5 Å². The standard InChI is InChI=1S/C25H20ClNO5/c1-29-22-16-17(15-21-25(28)32-24(27-21)18-8-4-2-5-9-18)14-20(26)23(22)31-13-12-30-19-10-6-3-7-11-19/h2-11,14-16H,12-13H2,1H3/b21-15-. The second-order valence-electron chi connectivity index (χ2n) is 6.75. The van der Waals surface area contributed by atoms with Crippen molar-refractivity contribution in [3.63, 3.8) is 0 Å². The predicted octanol–water partition coefficient (Wildman–Crippen LogP) is 5.15. The van der Waals surface area contributed by atoms with Crippen LogP contribution in [0.1, 0.15) is 11.1 Å². The molecule has 0 unspecified atom stereocenters. The van der Waals surface area contributed by atoms with Gasteiger partial charge in [0.1, 0.15) is 19.0 Å². The summed E-state index contributed by atoms with van der Waals surface area (Å²) in [4.78, 5) is 16.6. The highest BCUT2D eigenvalue weighted by molar-refractivity contribution is 6.32. The first-order chi connectivity index (χ1) is 15.6. The Labute approximate surface area is 190 Å². The Hall–Kier alpha value is -3.77. The van der Waals surface area contributed by atoms with Crippen LogP contribution < -0.4 is 14.2 Å². The Kier molecular flexibility index (Phi) is 6.72. The van der Waals surface area contributed by atoms with Gasteiger partial charge in [-0.2, -0.15) is 0 Å². The molecule has 0 amide bonds. The van der Waals surface area contributed by atoms with Crippen molar-refractivity contribution in [2.45, 2.75) is 0 Å². The van der Waals surface area contributed by atoms with Crippen LogP contribution in [0.5, 0.6) is 17.2 Å². The topological polar surface area (TPSA) is 66.4 Å². The number of aliphatic imine (C=N–C) groups is 1. The lowest BCUT2D eigenvalue weighted by molar-refractivity contribution is -0.129. The number of esters is 1. The van der Waals surface area contributed by atoms with E-state index in [0.717, 1.165) is 11.3 Å². The molecule has 6 nitrogen and oxygen atoms in total. The lowest BCUT2D eigenvalue weighted by Gasteiger charge is -2.14. The summed E-state index contributed by atoms with van der Waals surface area (Å²) < 4.78 is 22.1. The van der Waals surface area contributed by atoms with Crippen LogP contribution >= 0.6 is 11.6 Å². The number of ether oxygens (including phenoxy) is 4. The number of carbonyl (C=O) groups excluding carboxylic acids is 1. The number of cyclic esters (lactones) is 1. The van der Waals surface area contributed by atoms with Crippen molar-refractivity contribution in [2.24, 2.45) is 4.99 Å². The van der Waals surface area contributed by atoms with Crippen molar-refractivity contribution < 1.29 is 23.7 Å². The summed E-state index contributed by atoms with van der Waals surface area (Å²) in [6, 6.07) is 22.1. The lowest BCUT2D eigenvalue weighted by Crippen LogP contribution is -2.10. The van der Waals surface area contributed by atoms with E-state index < -0.39 is 5.97 Å². The average molecular weight is 450 g/mol. The molecule has 0 bridgehead atoms. The number of benzene rings is 3. The maximum absolute atomic E-state index is 12.3. The number of para-hydroxylation sites is 1. The van der Waals surface area contributed by atoms with E-state index in [1.807, 2.05) is 60.7 Å². The fourth-order valence-electron chi connectivity index (χ4n) is 3.05. The molecule has 1 heterocycles. The SMILES string of the molecule is COc1cc(/C=C2\N=C(c3ccccc3)OC2=O)cc(Cl)c1OCCOc1ccccc1. The van der Waals surface area contributed by atoms with E-state index in [-0.39, 0.29) is 18.2 Å². The van der Waals surface area contributed by atoms with Gasteiger partial charge in [-0.15, -0.1) is 0 Å². The number of rotatable bonds is 8. The molecule has 1 aliphatic heterocycles. The second-order valence-corrected chi connectivity index (χ2v) is 7.15. The third-order valence-electron chi connectivity index (χ3n) is 4.54. The summed E-state index contributed by atoms with van der Waals surface area (Å²) in [7, 11) is 1.52. The van der Waals surface area contributed by atoms with E-state index in [2.05, 4.69) is 4.99 Å². The largest absolute Gasteiger partial charge is 0.493 e. The summed E-state index contributed by atoms with van der Waals surface area (Å²) >= 11 is 6.43. The molecule has 1 aliphatic rings. The van der Waals surface area contributed by atoms with Crippen molar-refractivity contribution >= 4 is 29.5 Å². The third kappa shape index (κ3) is 5.10. The summed E-state index contributed by atoms with van der Waals surface area (Å²) in [5, 5.41) is 0.342. The van der Waals surface area contributed by atoms with E-state index in [1.54, 1.807) is 18.2 Å². The first-order valence-electron chi connectivity index (χ1n) is 9.90. The van der Waals surface area contributed by atoms with Gasteiger partial charge in [-0.1, -0.05) is 48.0 Å². The third-order valence-corrected chi connectivity index (χ3v) is 4.82. The van der Waals surface area contributed by atoms with Crippen LogP contribution in [0.15, 0.2) is 83.5 Å². The highest BCUT2D eigenvalue weighted by atomic mass is 35.5. The molecule has 0 atom stereocenters. The average Bonchev–Trinajstić information content (AvgIpc) is 3.18. The van der Waals surface area contributed by atoms with Crippen LogP contribution in [0.3, 0.4) is 0 Å². The normalized spacial score (nSPS) is 14.1. The van der Waals surface area contributed by atoms with Crippen molar-refractivity contribution in [1.82, 2.24) is 0 Å². The highest BCUT2D eigenvalue weighted by Gasteiger charge is 2.24. The van der Waals surface area contributed by atoms with Crippen LogP contribution in [0.4, 0.5) is 0 Å². The Morgan fingerprint density at radius 1 is 0.969 bits per heavy atom. The molecule has 0 saturated heterocycles. The zero-order valence-corrected chi connectivity index (χ0v) is 18.0. The van der Waals surface area contributed by atoms with E-state index in [0.29, 0.717) is 28.7 Å². The molecule has 0 spiro atoms. The van der Waals surface area contributed by atoms with Gasteiger partial charge in [-0.25, -0.2) is 9.79 Å². The smallest absolute Gasteiger partial charge is 0.363 e. The van der Waals surface area contributed by atoms with E-state index in [1.165, 1.54) is 7.11 Å². The van der Waals surface area contributed by atoms with Gasteiger partial charge in [0.15, 0.2) is 17.2 Å². The molecule has 0 saturated carbocycles. The number of hydrogen-bond acceptors (Lipinski definition) is 6. The minimum atomic E-state index is -0.530. The molecular formula is C25H20ClNO5. The summed E-state index contributed by atoms with van der Waals surface area (Å²) in [6.45, 7) is 0.626.